The van der Waals surface area contributed by atoms with E-state index in [4.69, 9.17) is 19.4 Å². The third kappa shape index (κ3) is 1.92. The SMILES string of the molecule is CCN1CC=C(c2c3n4c5ccc(c(C(N)=O)c25)OP(=O)(O3)O4)CC1. The predicted molar refractivity (Wildman–Crippen MR) is 90.6 cm³/mol. The smallest absolute Gasteiger partial charge is 0.384 e. The number of carbonyl (C=O) groups excluding carboxylic acids is 1. The van der Waals surface area contributed by atoms with Gasteiger partial charge in [-0.15, -0.1) is 4.73 Å². The number of phosphoric ester groups is 1. The number of hydrogen-bond donors (Lipinski definition) is 1. The second-order valence-corrected chi connectivity index (χ2v) is 7.68. The van der Waals surface area contributed by atoms with Crippen LogP contribution in [0.4, 0.5) is 0 Å². The number of fused-ring (bicyclic) bond motifs is 1. The molecule has 1 aromatic carbocycles. The third-order valence-electron chi connectivity index (χ3n) is 4.91. The first-order chi connectivity index (χ1) is 12.0. The van der Waals surface area contributed by atoms with Crippen LogP contribution in [0.3, 0.4) is 0 Å². The van der Waals surface area contributed by atoms with Crippen molar-refractivity contribution in [2.75, 3.05) is 19.6 Å². The van der Waals surface area contributed by atoms with Crippen molar-refractivity contribution in [2.45, 2.75) is 13.3 Å². The van der Waals surface area contributed by atoms with Crippen LogP contribution in [0.1, 0.15) is 29.3 Å². The topological polar surface area (TPSA) is 96.0 Å². The lowest BCUT2D eigenvalue weighted by atomic mass is 9.95. The summed E-state index contributed by atoms with van der Waals surface area (Å²) in [5.74, 6) is -0.194. The van der Waals surface area contributed by atoms with Crippen LogP contribution >= 0.6 is 7.82 Å². The molecule has 0 spiro atoms. The van der Waals surface area contributed by atoms with Crippen LogP contribution in [0.2, 0.25) is 0 Å². The number of aromatic nitrogens is 1. The van der Waals surface area contributed by atoms with Crippen molar-refractivity contribution in [3.8, 4) is 11.6 Å². The Bertz CT molecular complexity index is 1020. The van der Waals surface area contributed by atoms with E-state index in [-0.39, 0.29) is 11.3 Å². The van der Waals surface area contributed by atoms with E-state index in [0.717, 1.165) is 37.2 Å². The van der Waals surface area contributed by atoms with Crippen molar-refractivity contribution < 1.29 is 23.0 Å². The molecule has 0 saturated carbocycles. The number of nitrogens with two attached hydrogens (primary N) is 1. The largest absolute Gasteiger partial charge is 0.668 e. The number of phosphoric acid groups is 1. The molecule has 0 fully saturated rings. The van der Waals surface area contributed by atoms with Gasteiger partial charge in [0.05, 0.1) is 16.6 Å². The van der Waals surface area contributed by atoms with Gasteiger partial charge in [-0.25, -0.2) is 0 Å². The number of amides is 1. The summed E-state index contributed by atoms with van der Waals surface area (Å²) in [6.07, 6.45) is 2.89. The van der Waals surface area contributed by atoms with E-state index in [1.165, 1.54) is 4.73 Å². The molecule has 1 aromatic heterocycles. The summed E-state index contributed by atoms with van der Waals surface area (Å²) in [5.41, 5.74) is 8.19. The van der Waals surface area contributed by atoms with Gasteiger partial charge in [0, 0.05) is 18.5 Å². The Kier molecular flexibility index (Phi) is 2.86. The Morgan fingerprint density at radius 3 is 2.88 bits per heavy atom. The average molecular weight is 361 g/mol. The number of rotatable bonds is 3. The number of carbonyl (C=O) groups is 1. The van der Waals surface area contributed by atoms with Gasteiger partial charge in [0.1, 0.15) is 5.75 Å². The minimum Gasteiger partial charge on any atom is -0.384 e. The first-order valence-electron chi connectivity index (χ1n) is 8.13. The molecule has 0 radical (unpaired) electrons. The molecule has 130 valence electrons. The second kappa shape index (κ2) is 4.80. The zero-order valence-electron chi connectivity index (χ0n) is 13.5. The van der Waals surface area contributed by atoms with E-state index in [0.29, 0.717) is 16.8 Å². The summed E-state index contributed by atoms with van der Waals surface area (Å²) < 4.78 is 30.4. The Labute approximate surface area is 143 Å². The van der Waals surface area contributed by atoms with Crippen LogP contribution in [-0.4, -0.2) is 35.2 Å². The highest BCUT2D eigenvalue weighted by Crippen LogP contribution is 2.60. The number of hydrogen-bond acceptors (Lipinski definition) is 6. The highest BCUT2D eigenvalue weighted by molar-refractivity contribution is 7.49. The van der Waals surface area contributed by atoms with Crippen LogP contribution in [0, 0.1) is 0 Å². The Morgan fingerprint density at radius 1 is 1.36 bits per heavy atom. The molecule has 6 heterocycles. The molecule has 25 heavy (non-hydrogen) atoms. The number of nitrogens with zero attached hydrogens (tertiary/aromatic N) is 2. The molecule has 1 unspecified atom stereocenters. The van der Waals surface area contributed by atoms with E-state index in [2.05, 4.69) is 17.9 Å². The van der Waals surface area contributed by atoms with Gasteiger partial charge in [-0.05, 0) is 30.7 Å². The molecular formula is C16H16N3O5P. The maximum absolute atomic E-state index is 12.7. The maximum Gasteiger partial charge on any atom is 0.668 e. The Hall–Kier alpha value is -2.44. The van der Waals surface area contributed by atoms with Gasteiger partial charge in [0.25, 0.3) is 5.91 Å². The quantitative estimate of drug-likeness (QED) is 0.842. The zero-order chi connectivity index (χ0) is 17.3. The molecule has 0 saturated heterocycles. The summed E-state index contributed by atoms with van der Waals surface area (Å²) in [7, 11) is -3.86. The first-order valence-corrected chi connectivity index (χ1v) is 9.59. The highest BCUT2D eigenvalue weighted by Gasteiger charge is 2.48. The van der Waals surface area contributed by atoms with E-state index in [1.807, 2.05) is 0 Å². The molecule has 6 bridgehead atoms. The van der Waals surface area contributed by atoms with Crippen molar-refractivity contribution >= 4 is 30.2 Å². The van der Waals surface area contributed by atoms with Crippen LogP contribution in [0.15, 0.2) is 18.2 Å². The average Bonchev–Trinajstić information content (AvgIpc) is 3.07. The van der Waals surface area contributed by atoms with Gasteiger partial charge in [0.15, 0.2) is 0 Å². The maximum atomic E-state index is 12.7. The molecule has 8 nitrogen and oxygen atoms in total. The minimum atomic E-state index is -3.86. The van der Waals surface area contributed by atoms with E-state index < -0.39 is 13.7 Å². The van der Waals surface area contributed by atoms with E-state index in [1.54, 1.807) is 12.1 Å². The van der Waals surface area contributed by atoms with Gasteiger partial charge in [0.2, 0.25) is 5.88 Å². The molecule has 5 aliphatic rings. The van der Waals surface area contributed by atoms with Gasteiger partial charge in [-0.1, -0.05) is 13.0 Å². The fourth-order valence-electron chi connectivity index (χ4n) is 3.70. The summed E-state index contributed by atoms with van der Waals surface area (Å²) in [6, 6.07) is 3.33. The second-order valence-electron chi connectivity index (χ2n) is 6.26. The Morgan fingerprint density at radius 2 is 2.20 bits per heavy atom. The lowest BCUT2D eigenvalue weighted by Crippen LogP contribution is -2.28. The van der Waals surface area contributed by atoms with E-state index >= 15 is 0 Å². The Balaban J connectivity index is 1.84. The number of benzene rings is 1. The molecule has 2 N–H and O–H groups in total. The van der Waals surface area contributed by atoms with Crippen molar-refractivity contribution in [3.63, 3.8) is 0 Å². The minimum absolute atomic E-state index is 0.124. The zero-order valence-corrected chi connectivity index (χ0v) is 14.4. The van der Waals surface area contributed by atoms with Crippen LogP contribution < -0.4 is 19.4 Å². The van der Waals surface area contributed by atoms with Crippen LogP contribution in [-0.2, 0) is 4.57 Å². The van der Waals surface area contributed by atoms with E-state index in [9.17, 15) is 9.36 Å². The van der Waals surface area contributed by atoms with Crippen molar-refractivity contribution in [1.29, 1.82) is 0 Å². The standard InChI is InChI=1S/C16H16N3O5P/c1-2-18-7-5-9(6-8-18)12-13-10-3-4-11(14(13)15(17)20)22-25(21)23-16(12)19(10)24-25/h3-5H,2,6-8H2,1H3,(H2,17,20). The van der Waals surface area contributed by atoms with Gasteiger partial charge in [-0.2, -0.15) is 4.57 Å². The molecule has 2 aromatic rings. The predicted octanol–water partition coefficient (Wildman–Crippen LogP) is 2.17. The summed E-state index contributed by atoms with van der Waals surface area (Å²) in [5, 5.41) is 0.627. The molecule has 0 aliphatic carbocycles. The molecule has 9 heteroatoms. The normalized spacial score (nSPS) is 24.0. The molecule has 7 rings (SSSR count). The van der Waals surface area contributed by atoms with Gasteiger partial charge in [-0.3, -0.25) is 14.3 Å². The fourth-order valence-corrected chi connectivity index (χ4v) is 4.94. The summed E-state index contributed by atoms with van der Waals surface area (Å²) >= 11 is 0. The van der Waals surface area contributed by atoms with Crippen LogP contribution in [0.25, 0.3) is 16.5 Å². The van der Waals surface area contributed by atoms with Gasteiger partial charge >= 0.3 is 7.82 Å². The third-order valence-corrected chi connectivity index (χ3v) is 6.09. The van der Waals surface area contributed by atoms with Crippen LogP contribution in [0.5, 0.6) is 11.6 Å². The number of primary amides is 1. The fraction of sp³-hybridized carbons (Fsp3) is 0.312. The van der Waals surface area contributed by atoms with Crippen molar-refractivity contribution in [1.82, 2.24) is 9.63 Å². The molecule has 1 atom stereocenters. The molecular weight excluding hydrogens is 345 g/mol. The lowest BCUT2D eigenvalue weighted by Gasteiger charge is -2.25. The number of likely N-dealkylation sites (N-methyl/N-ethyl adjacent to an activating group) is 1. The lowest BCUT2D eigenvalue weighted by molar-refractivity contribution is 0.1000. The van der Waals surface area contributed by atoms with Crippen molar-refractivity contribution in [3.05, 3.63) is 29.3 Å². The summed E-state index contributed by atoms with van der Waals surface area (Å²) in [4.78, 5) is 14.4. The highest BCUT2D eigenvalue weighted by atomic mass is 31.2. The monoisotopic (exact) mass is 361 g/mol. The van der Waals surface area contributed by atoms with Gasteiger partial charge < -0.3 is 14.8 Å². The summed E-state index contributed by atoms with van der Waals surface area (Å²) in [6.45, 7) is 4.79. The molecule has 5 aliphatic heterocycles. The first kappa shape index (κ1) is 14.9. The molecule has 1 amide bonds. The van der Waals surface area contributed by atoms with Crippen molar-refractivity contribution in [2.24, 2.45) is 5.73 Å².